The van der Waals surface area contributed by atoms with Crippen molar-refractivity contribution in [2.75, 3.05) is 0 Å². The third-order valence-corrected chi connectivity index (χ3v) is 4.10. The minimum Gasteiger partial charge on any atom is -0.265 e. The van der Waals surface area contributed by atoms with Crippen LogP contribution in [0.2, 0.25) is 0 Å². The Bertz CT molecular complexity index is 883. The van der Waals surface area contributed by atoms with Crippen LogP contribution in [0.15, 0.2) is 66.6 Å². The van der Waals surface area contributed by atoms with E-state index in [-0.39, 0.29) is 0 Å². The first-order valence-electron chi connectivity index (χ1n) is 6.73. The second-order valence-corrected chi connectivity index (χ2v) is 5.46. The van der Waals surface area contributed by atoms with E-state index in [4.69, 9.17) is 0 Å². The molecule has 0 radical (unpaired) electrons. The summed E-state index contributed by atoms with van der Waals surface area (Å²) in [5, 5.41) is 7.25. The monoisotopic (exact) mass is 305 g/mol. The van der Waals surface area contributed by atoms with Gasteiger partial charge in [-0.15, -0.1) is 11.3 Å². The maximum atomic E-state index is 4.68. The lowest BCUT2D eigenvalue weighted by Crippen LogP contribution is -1.99. The number of aromatic nitrogens is 5. The zero-order valence-electron chi connectivity index (χ0n) is 11.5. The summed E-state index contributed by atoms with van der Waals surface area (Å²) in [7, 11) is 0. The van der Waals surface area contributed by atoms with Crippen molar-refractivity contribution in [1.82, 2.24) is 24.7 Å². The highest BCUT2D eigenvalue weighted by Crippen LogP contribution is 2.28. The molecular formula is C16H11N5S. The molecule has 6 heteroatoms. The molecule has 4 aromatic rings. The molecular weight excluding hydrogens is 294 g/mol. The zero-order valence-corrected chi connectivity index (χ0v) is 12.3. The van der Waals surface area contributed by atoms with E-state index in [1.54, 1.807) is 34.7 Å². The van der Waals surface area contributed by atoms with Gasteiger partial charge in [0.2, 0.25) is 0 Å². The van der Waals surface area contributed by atoms with Crippen molar-refractivity contribution in [2.45, 2.75) is 0 Å². The van der Waals surface area contributed by atoms with Crippen LogP contribution in [-0.2, 0) is 0 Å². The molecule has 0 unspecified atom stereocenters. The van der Waals surface area contributed by atoms with Crippen LogP contribution < -0.4 is 0 Å². The van der Waals surface area contributed by atoms with E-state index < -0.39 is 0 Å². The summed E-state index contributed by atoms with van der Waals surface area (Å²) in [5.41, 5.74) is 2.84. The van der Waals surface area contributed by atoms with Crippen LogP contribution in [0, 0.1) is 0 Å². The van der Waals surface area contributed by atoms with E-state index in [1.165, 1.54) is 0 Å². The number of pyridine rings is 1. The normalized spacial score (nSPS) is 10.7. The van der Waals surface area contributed by atoms with Gasteiger partial charge in [0.15, 0.2) is 5.82 Å². The van der Waals surface area contributed by atoms with Gasteiger partial charge in [-0.3, -0.25) is 4.98 Å². The SMILES string of the molecule is c1ccc(-n2ncnc2-c2csc(-c3ccncc3)n2)cc1. The predicted octanol–water partition coefficient (Wildman–Crippen LogP) is 3.45. The van der Waals surface area contributed by atoms with Crippen molar-refractivity contribution in [2.24, 2.45) is 0 Å². The third kappa shape index (κ3) is 2.29. The summed E-state index contributed by atoms with van der Waals surface area (Å²) >= 11 is 1.58. The van der Waals surface area contributed by atoms with E-state index >= 15 is 0 Å². The van der Waals surface area contributed by atoms with Crippen molar-refractivity contribution in [3.63, 3.8) is 0 Å². The lowest BCUT2D eigenvalue weighted by atomic mass is 10.3. The number of hydrogen-bond acceptors (Lipinski definition) is 5. The molecule has 3 heterocycles. The quantitative estimate of drug-likeness (QED) is 0.581. The van der Waals surface area contributed by atoms with E-state index in [2.05, 4.69) is 20.1 Å². The molecule has 0 bridgehead atoms. The number of para-hydroxylation sites is 1. The highest BCUT2D eigenvalue weighted by molar-refractivity contribution is 7.13. The van der Waals surface area contributed by atoms with Crippen LogP contribution in [0.4, 0.5) is 0 Å². The van der Waals surface area contributed by atoms with E-state index in [9.17, 15) is 0 Å². The minimum atomic E-state index is 0.739. The van der Waals surface area contributed by atoms with E-state index in [0.29, 0.717) is 0 Å². The molecule has 0 saturated heterocycles. The molecule has 5 nitrogen and oxygen atoms in total. The molecule has 0 aliphatic rings. The predicted molar refractivity (Wildman–Crippen MR) is 85.7 cm³/mol. The standard InChI is InChI=1S/C16H11N5S/c1-2-4-13(5-3-1)21-15(18-11-19-21)14-10-22-16(20-14)12-6-8-17-9-7-12/h1-11H. The van der Waals surface area contributed by atoms with Gasteiger partial charge in [-0.25, -0.2) is 14.6 Å². The molecule has 0 saturated carbocycles. The molecule has 1 aromatic carbocycles. The van der Waals surface area contributed by atoms with Crippen molar-refractivity contribution in [3.05, 3.63) is 66.6 Å². The molecule has 0 fully saturated rings. The molecule has 106 valence electrons. The molecule has 0 aliphatic heterocycles. The summed E-state index contributed by atoms with van der Waals surface area (Å²) in [4.78, 5) is 13.1. The van der Waals surface area contributed by atoms with Crippen LogP contribution in [0.1, 0.15) is 0 Å². The van der Waals surface area contributed by atoms with E-state index in [0.717, 1.165) is 27.8 Å². The molecule has 22 heavy (non-hydrogen) atoms. The maximum Gasteiger partial charge on any atom is 0.182 e. The van der Waals surface area contributed by atoms with Gasteiger partial charge in [0.05, 0.1) is 5.69 Å². The average Bonchev–Trinajstić information content (AvgIpc) is 3.25. The summed E-state index contributed by atoms with van der Waals surface area (Å²) in [6, 6.07) is 13.8. The molecule has 0 atom stereocenters. The number of rotatable bonds is 3. The van der Waals surface area contributed by atoms with Crippen LogP contribution in [0.5, 0.6) is 0 Å². The smallest absolute Gasteiger partial charge is 0.182 e. The molecule has 0 aliphatic carbocycles. The largest absolute Gasteiger partial charge is 0.265 e. The second kappa shape index (κ2) is 5.50. The fourth-order valence-electron chi connectivity index (χ4n) is 2.18. The molecule has 0 N–H and O–H groups in total. The fourth-order valence-corrected chi connectivity index (χ4v) is 2.98. The Labute approximate surface area is 131 Å². The van der Waals surface area contributed by atoms with Crippen LogP contribution in [-0.4, -0.2) is 24.7 Å². The molecule has 4 rings (SSSR count). The Kier molecular flexibility index (Phi) is 3.21. The number of benzene rings is 1. The summed E-state index contributed by atoms with van der Waals surface area (Å²) in [6.07, 6.45) is 5.08. The van der Waals surface area contributed by atoms with Gasteiger partial charge in [0.1, 0.15) is 17.0 Å². The number of nitrogens with zero attached hydrogens (tertiary/aromatic N) is 5. The Balaban J connectivity index is 1.76. The number of hydrogen-bond donors (Lipinski definition) is 0. The fraction of sp³-hybridized carbons (Fsp3) is 0. The average molecular weight is 305 g/mol. The first kappa shape index (κ1) is 12.8. The Hall–Kier alpha value is -2.86. The molecule has 0 amide bonds. The van der Waals surface area contributed by atoms with Crippen molar-refractivity contribution >= 4 is 11.3 Å². The maximum absolute atomic E-state index is 4.68. The van der Waals surface area contributed by atoms with Crippen molar-refractivity contribution in [3.8, 4) is 27.8 Å². The van der Waals surface area contributed by atoms with Gasteiger partial charge in [-0.05, 0) is 24.3 Å². The first-order valence-corrected chi connectivity index (χ1v) is 7.61. The Morgan fingerprint density at radius 1 is 0.955 bits per heavy atom. The topological polar surface area (TPSA) is 56.5 Å². The zero-order chi connectivity index (χ0) is 14.8. The van der Waals surface area contributed by atoms with Gasteiger partial charge in [0.25, 0.3) is 0 Å². The lowest BCUT2D eigenvalue weighted by Gasteiger charge is -2.03. The summed E-state index contributed by atoms with van der Waals surface area (Å²) in [5.74, 6) is 0.739. The van der Waals surface area contributed by atoms with Crippen molar-refractivity contribution < 1.29 is 0 Å². The van der Waals surface area contributed by atoms with E-state index in [1.807, 2.05) is 47.8 Å². The van der Waals surface area contributed by atoms with Gasteiger partial charge in [-0.1, -0.05) is 18.2 Å². The van der Waals surface area contributed by atoms with Gasteiger partial charge in [-0.2, -0.15) is 5.10 Å². The summed E-state index contributed by atoms with van der Waals surface area (Å²) < 4.78 is 1.80. The minimum absolute atomic E-state index is 0.739. The lowest BCUT2D eigenvalue weighted by molar-refractivity contribution is 0.884. The summed E-state index contributed by atoms with van der Waals surface area (Å²) in [6.45, 7) is 0. The van der Waals surface area contributed by atoms with Gasteiger partial charge >= 0.3 is 0 Å². The van der Waals surface area contributed by atoms with Gasteiger partial charge < -0.3 is 0 Å². The first-order chi connectivity index (χ1) is 10.9. The molecule has 3 aromatic heterocycles. The molecule has 0 spiro atoms. The second-order valence-electron chi connectivity index (χ2n) is 4.60. The van der Waals surface area contributed by atoms with Crippen molar-refractivity contribution in [1.29, 1.82) is 0 Å². The Morgan fingerprint density at radius 2 is 1.77 bits per heavy atom. The third-order valence-electron chi connectivity index (χ3n) is 3.21. The van der Waals surface area contributed by atoms with Gasteiger partial charge in [0, 0.05) is 23.3 Å². The highest BCUT2D eigenvalue weighted by Gasteiger charge is 2.13. The van der Waals surface area contributed by atoms with Crippen LogP contribution >= 0.6 is 11.3 Å². The Morgan fingerprint density at radius 3 is 2.59 bits per heavy atom. The van der Waals surface area contributed by atoms with Crippen LogP contribution in [0.25, 0.3) is 27.8 Å². The highest BCUT2D eigenvalue weighted by atomic mass is 32.1. The van der Waals surface area contributed by atoms with Crippen LogP contribution in [0.3, 0.4) is 0 Å². The number of thiazole rings is 1.